The van der Waals surface area contributed by atoms with E-state index in [1.165, 1.54) is 5.56 Å². The van der Waals surface area contributed by atoms with Crippen molar-refractivity contribution in [3.05, 3.63) is 167 Å². The number of anilines is 1. The topological polar surface area (TPSA) is 42.8 Å². The van der Waals surface area contributed by atoms with E-state index in [4.69, 9.17) is 12.6 Å². The number of benzene rings is 5. The highest BCUT2D eigenvalue weighted by Crippen LogP contribution is 2.30. The second-order valence-corrected chi connectivity index (χ2v) is 11.8. The van der Waals surface area contributed by atoms with E-state index in [1.807, 2.05) is 79.0 Å². The lowest BCUT2D eigenvalue weighted by Crippen LogP contribution is -2.34. The van der Waals surface area contributed by atoms with Gasteiger partial charge in [-0.15, -0.1) is 0 Å². The first kappa shape index (κ1) is 28.5. The first-order valence-corrected chi connectivity index (χ1v) is 15.6. The molecule has 0 aliphatic heterocycles. The molecule has 0 saturated heterocycles. The van der Waals surface area contributed by atoms with Gasteiger partial charge >= 0.3 is 15.0 Å². The van der Waals surface area contributed by atoms with Crippen LogP contribution in [0.25, 0.3) is 0 Å². The second-order valence-electron chi connectivity index (χ2n) is 10.2. The molecule has 0 aromatic heterocycles. The highest BCUT2D eigenvalue weighted by Gasteiger charge is 2.34. The summed E-state index contributed by atoms with van der Waals surface area (Å²) in [4.78, 5) is 4.82. The molecule has 0 saturated carbocycles. The predicted octanol–water partition coefficient (Wildman–Crippen LogP) is 8.98. The molecule has 0 heterocycles. The molecule has 0 spiro atoms. The molecule has 0 aliphatic rings. The van der Waals surface area contributed by atoms with Crippen molar-refractivity contribution in [1.82, 2.24) is 0 Å². The fraction of sp³-hybridized carbons (Fsp3) is 0.139. The van der Waals surface area contributed by atoms with Gasteiger partial charge in [-0.05, 0) is 58.0 Å². The van der Waals surface area contributed by atoms with Gasteiger partial charge in [-0.3, -0.25) is 4.99 Å². The molecule has 1 atom stereocenters. The largest absolute Gasteiger partial charge is 0.847 e. The summed E-state index contributed by atoms with van der Waals surface area (Å²) in [6.45, 7) is 4.87. The van der Waals surface area contributed by atoms with Gasteiger partial charge in [-0.1, -0.05) is 129 Å². The molecule has 5 aromatic rings. The maximum Gasteiger partial charge on any atom is 0.847 e. The molecule has 4 nitrogen and oxygen atoms in total. The van der Waals surface area contributed by atoms with Gasteiger partial charge in [0.15, 0.2) is 0 Å². The average Bonchev–Trinajstić information content (AvgIpc) is 3.03. The van der Waals surface area contributed by atoms with Crippen LogP contribution in [0.4, 0.5) is 11.4 Å². The number of aliphatic imine (C=N–C) groups is 1. The summed E-state index contributed by atoms with van der Waals surface area (Å²) in [5.41, 5.74) is 7.41. The van der Waals surface area contributed by atoms with E-state index in [1.54, 1.807) is 0 Å². The number of hydrogen-bond acceptors (Lipinski definition) is 4. The fourth-order valence-electron chi connectivity index (χ4n) is 4.57. The van der Waals surface area contributed by atoms with Crippen LogP contribution in [0.5, 0.6) is 0 Å². The molecular weight excluding hydrogens is 519 g/mol. The van der Waals surface area contributed by atoms with Gasteiger partial charge in [-0.2, -0.15) is 0 Å². The Labute approximate surface area is 248 Å². The molecular formula is C36H35AlN2O2. The molecule has 0 aliphatic carbocycles. The molecule has 5 heteroatoms. The Morgan fingerprint density at radius 2 is 1.29 bits per heavy atom. The van der Waals surface area contributed by atoms with Crippen LogP contribution >= 0.6 is 0 Å². The Bertz CT molecular complexity index is 1510. The van der Waals surface area contributed by atoms with Crippen LogP contribution in [0.2, 0.25) is 0 Å². The van der Waals surface area contributed by atoms with Crippen LogP contribution < -0.4 is 4.30 Å². The Balaban J connectivity index is 1.45. The van der Waals surface area contributed by atoms with Gasteiger partial charge in [0, 0.05) is 18.5 Å². The maximum absolute atomic E-state index is 6.93. The van der Waals surface area contributed by atoms with Crippen molar-refractivity contribution in [1.29, 1.82) is 0 Å². The SMILES string of the molecule is CC(C)c1ccc(N=Cc2ccccc2C([O][Al]([NH]c2ccccc2)[O]Cc2ccccc2)c2ccccc2)cc1. The summed E-state index contributed by atoms with van der Waals surface area (Å²) in [5, 5.41) is 0. The molecule has 5 rings (SSSR count). The molecule has 0 fully saturated rings. The summed E-state index contributed by atoms with van der Waals surface area (Å²) in [6, 6.07) is 47.4. The maximum atomic E-state index is 6.93. The van der Waals surface area contributed by atoms with Crippen molar-refractivity contribution in [2.75, 3.05) is 4.30 Å². The van der Waals surface area contributed by atoms with Gasteiger partial charge < -0.3 is 11.9 Å². The average molecular weight is 555 g/mol. The van der Waals surface area contributed by atoms with Crippen molar-refractivity contribution in [2.24, 2.45) is 4.99 Å². The molecule has 41 heavy (non-hydrogen) atoms. The lowest BCUT2D eigenvalue weighted by Gasteiger charge is -2.25. The van der Waals surface area contributed by atoms with E-state index in [0.29, 0.717) is 12.5 Å². The van der Waals surface area contributed by atoms with Crippen LogP contribution in [0.15, 0.2) is 145 Å². The van der Waals surface area contributed by atoms with Gasteiger partial charge in [-0.25, -0.2) is 0 Å². The van der Waals surface area contributed by atoms with Crippen molar-refractivity contribution in [2.45, 2.75) is 32.5 Å². The van der Waals surface area contributed by atoms with Crippen LogP contribution in [-0.4, -0.2) is 21.3 Å². The molecule has 0 bridgehead atoms. The predicted molar refractivity (Wildman–Crippen MR) is 171 cm³/mol. The third kappa shape index (κ3) is 8.27. The quantitative estimate of drug-likeness (QED) is 0.124. The molecule has 0 radical (unpaired) electrons. The highest BCUT2D eigenvalue weighted by atomic mass is 27.2. The van der Waals surface area contributed by atoms with Crippen LogP contribution in [0, 0.1) is 0 Å². The smallest absolute Gasteiger partial charge is 0.456 e. The summed E-state index contributed by atoms with van der Waals surface area (Å²) < 4.78 is 17.0. The molecule has 5 aromatic carbocycles. The van der Waals surface area contributed by atoms with E-state index in [2.05, 4.69) is 84.9 Å². The normalized spacial score (nSPS) is 12.0. The van der Waals surface area contributed by atoms with Crippen LogP contribution in [0.3, 0.4) is 0 Å². The molecule has 0 amide bonds. The zero-order valence-corrected chi connectivity index (χ0v) is 24.7. The summed E-state index contributed by atoms with van der Waals surface area (Å²) in [5.74, 6) is 0.489. The number of nitrogens with one attached hydrogen (secondary N) is 1. The summed E-state index contributed by atoms with van der Waals surface area (Å²) >= 11 is -2.44. The minimum absolute atomic E-state index is 0.342. The monoisotopic (exact) mass is 554 g/mol. The van der Waals surface area contributed by atoms with Crippen LogP contribution in [0.1, 0.15) is 53.7 Å². The van der Waals surface area contributed by atoms with E-state index < -0.39 is 15.0 Å². The lowest BCUT2D eigenvalue weighted by atomic mass is 9.97. The third-order valence-electron chi connectivity index (χ3n) is 6.86. The Morgan fingerprint density at radius 1 is 0.683 bits per heavy atom. The molecule has 1 N–H and O–H groups in total. The van der Waals surface area contributed by atoms with E-state index in [9.17, 15) is 0 Å². The van der Waals surface area contributed by atoms with E-state index >= 15 is 0 Å². The van der Waals surface area contributed by atoms with Gasteiger partial charge in [0.2, 0.25) is 0 Å². The minimum atomic E-state index is -2.44. The number of hydrogen-bond donors (Lipinski definition) is 1. The van der Waals surface area contributed by atoms with E-state index in [0.717, 1.165) is 33.6 Å². The number of nitrogens with zero attached hydrogens (tertiary/aromatic N) is 1. The summed E-state index contributed by atoms with van der Waals surface area (Å²) in [7, 11) is 0. The standard InChI is InChI=1S/C23H22NO.C7H7O.C6H6N.Al/c1-17(2)18-12-14-21(15-13-18)24-16-20-10-6-7-11-22(20)23(25)19-8-4-3-5-9-19;8-6-7-4-2-1-3-5-7;7-6-4-2-1-3-5-6;/h3-17,23H,1-2H3;1-5H,6H2;1-5,7H;/q3*-1;+3. The fourth-order valence-corrected chi connectivity index (χ4v) is 6.16. The zero-order chi connectivity index (χ0) is 28.3. The van der Waals surface area contributed by atoms with Gasteiger partial charge in [0.1, 0.15) is 0 Å². The zero-order valence-electron chi connectivity index (χ0n) is 23.6. The van der Waals surface area contributed by atoms with E-state index in [-0.39, 0.29) is 6.10 Å². The first-order chi connectivity index (χ1) is 20.2. The lowest BCUT2D eigenvalue weighted by molar-refractivity contribution is 0.158. The third-order valence-corrected chi connectivity index (χ3v) is 8.41. The van der Waals surface area contributed by atoms with Crippen molar-refractivity contribution < 1.29 is 7.58 Å². The van der Waals surface area contributed by atoms with Crippen LogP contribution in [-0.2, 0) is 14.2 Å². The van der Waals surface area contributed by atoms with Crippen molar-refractivity contribution >= 4 is 32.6 Å². The second kappa shape index (κ2) is 14.6. The highest BCUT2D eigenvalue weighted by molar-refractivity contribution is 6.49. The Kier molecular flexibility index (Phi) is 10.2. The Hall–Kier alpha value is -3.98. The Morgan fingerprint density at radius 3 is 1.98 bits per heavy atom. The molecule has 204 valence electrons. The number of para-hydroxylation sites is 1. The van der Waals surface area contributed by atoms with Crippen molar-refractivity contribution in [3.63, 3.8) is 0 Å². The molecule has 1 unspecified atom stereocenters. The minimum Gasteiger partial charge on any atom is -0.456 e. The van der Waals surface area contributed by atoms with Crippen molar-refractivity contribution in [3.8, 4) is 0 Å². The van der Waals surface area contributed by atoms with Gasteiger partial charge in [0.25, 0.3) is 0 Å². The first-order valence-electron chi connectivity index (χ1n) is 14.1. The van der Waals surface area contributed by atoms with Gasteiger partial charge in [0.05, 0.1) is 11.8 Å². The summed E-state index contributed by atoms with van der Waals surface area (Å²) in [6.07, 6.45) is 1.59. The number of rotatable bonds is 12.